The highest BCUT2D eigenvalue weighted by molar-refractivity contribution is 8.00. The highest BCUT2D eigenvalue weighted by Gasteiger charge is 2.26. The van der Waals surface area contributed by atoms with Crippen LogP contribution in [0.3, 0.4) is 0 Å². The van der Waals surface area contributed by atoms with E-state index in [1.165, 1.54) is 11.8 Å². The van der Waals surface area contributed by atoms with Crippen LogP contribution >= 0.6 is 11.8 Å². The third-order valence-electron chi connectivity index (χ3n) is 2.00. The monoisotopic (exact) mass is 258 g/mol. The number of carboxylic acid groups (broad SMARTS) is 1. The second kappa shape index (κ2) is 7.04. The van der Waals surface area contributed by atoms with E-state index in [0.717, 1.165) is 0 Å². The number of hydrogen-bond acceptors (Lipinski definition) is 2. The Morgan fingerprint density at radius 2 is 1.88 bits per heavy atom. The maximum Gasteiger partial charge on any atom is 0.389 e. The molecule has 0 aliphatic carbocycles. The molecule has 1 unspecified atom stereocenters. The van der Waals surface area contributed by atoms with Crippen LogP contribution in [-0.4, -0.2) is 28.3 Å². The van der Waals surface area contributed by atoms with Crippen LogP contribution in [0.15, 0.2) is 0 Å². The van der Waals surface area contributed by atoms with Gasteiger partial charge in [0.1, 0.15) is 5.25 Å². The molecule has 0 fully saturated rings. The maximum absolute atomic E-state index is 11.8. The van der Waals surface area contributed by atoms with Crippen molar-refractivity contribution in [3.63, 3.8) is 0 Å². The molecular formula is C10H17F3O2S. The zero-order valence-corrected chi connectivity index (χ0v) is 10.2. The third-order valence-corrected chi connectivity index (χ3v) is 3.63. The zero-order chi connectivity index (χ0) is 12.8. The van der Waals surface area contributed by atoms with E-state index in [0.29, 0.717) is 12.2 Å². The fourth-order valence-electron chi connectivity index (χ4n) is 1.19. The Morgan fingerprint density at radius 3 is 2.25 bits per heavy atom. The molecule has 2 nitrogen and oxygen atoms in total. The third kappa shape index (κ3) is 7.84. The SMILES string of the molecule is CC(C)C(SCCCCC(F)(F)F)C(=O)O. The van der Waals surface area contributed by atoms with Gasteiger partial charge in [-0.15, -0.1) is 11.8 Å². The van der Waals surface area contributed by atoms with Crippen molar-refractivity contribution in [1.82, 2.24) is 0 Å². The Bertz CT molecular complexity index is 217. The van der Waals surface area contributed by atoms with Gasteiger partial charge in [0.05, 0.1) is 0 Å². The highest BCUT2D eigenvalue weighted by Crippen LogP contribution is 2.25. The largest absolute Gasteiger partial charge is 0.480 e. The number of thioether (sulfide) groups is 1. The lowest BCUT2D eigenvalue weighted by Gasteiger charge is -2.15. The minimum absolute atomic E-state index is 0.00915. The number of unbranched alkanes of at least 4 members (excludes halogenated alkanes) is 1. The first kappa shape index (κ1) is 15.6. The van der Waals surface area contributed by atoms with Gasteiger partial charge in [-0.1, -0.05) is 13.8 Å². The summed E-state index contributed by atoms with van der Waals surface area (Å²) in [6.07, 6.45) is -4.41. The van der Waals surface area contributed by atoms with E-state index in [1.807, 2.05) is 0 Å². The summed E-state index contributed by atoms with van der Waals surface area (Å²) in [5.41, 5.74) is 0. The predicted molar refractivity (Wildman–Crippen MR) is 58.6 cm³/mol. The summed E-state index contributed by atoms with van der Waals surface area (Å²) in [5, 5.41) is 8.31. The Balaban J connectivity index is 3.68. The Kier molecular flexibility index (Phi) is 6.87. The first-order chi connectivity index (χ1) is 7.24. The average molecular weight is 258 g/mol. The Morgan fingerprint density at radius 1 is 1.31 bits per heavy atom. The van der Waals surface area contributed by atoms with E-state index >= 15 is 0 Å². The van der Waals surface area contributed by atoms with Gasteiger partial charge in [0.2, 0.25) is 0 Å². The fraction of sp³-hybridized carbons (Fsp3) is 0.900. The van der Waals surface area contributed by atoms with Gasteiger partial charge in [0, 0.05) is 6.42 Å². The van der Waals surface area contributed by atoms with Crippen molar-refractivity contribution < 1.29 is 23.1 Å². The van der Waals surface area contributed by atoms with Crippen molar-refractivity contribution in [2.75, 3.05) is 5.75 Å². The molecule has 0 aromatic heterocycles. The summed E-state index contributed by atoms with van der Waals surface area (Å²) in [5.74, 6) is -0.438. The second-order valence-corrected chi connectivity index (χ2v) is 5.20. The molecule has 96 valence electrons. The van der Waals surface area contributed by atoms with Gasteiger partial charge >= 0.3 is 12.1 Å². The van der Waals surface area contributed by atoms with Crippen LogP contribution in [0.5, 0.6) is 0 Å². The van der Waals surface area contributed by atoms with Crippen molar-refractivity contribution in [2.45, 2.75) is 44.5 Å². The van der Waals surface area contributed by atoms with Crippen molar-refractivity contribution in [3.8, 4) is 0 Å². The Labute approximate surface area is 97.6 Å². The molecule has 0 spiro atoms. The van der Waals surface area contributed by atoms with Crippen LogP contribution in [0.25, 0.3) is 0 Å². The molecule has 0 aromatic carbocycles. The number of carboxylic acids is 1. The zero-order valence-electron chi connectivity index (χ0n) is 9.38. The van der Waals surface area contributed by atoms with E-state index in [-0.39, 0.29) is 12.3 Å². The molecule has 0 aliphatic heterocycles. The molecule has 1 atom stereocenters. The number of hydrogen-bond donors (Lipinski definition) is 1. The molecule has 0 amide bonds. The van der Waals surface area contributed by atoms with E-state index in [1.54, 1.807) is 13.8 Å². The Hall–Kier alpha value is -0.390. The van der Waals surface area contributed by atoms with Crippen molar-refractivity contribution in [1.29, 1.82) is 0 Å². The van der Waals surface area contributed by atoms with Gasteiger partial charge in [0.15, 0.2) is 0 Å². The maximum atomic E-state index is 11.8. The van der Waals surface area contributed by atoms with Crippen LogP contribution in [0.4, 0.5) is 13.2 Å². The molecule has 0 bridgehead atoms. The molecule has 1 N–H and O–H groups in total. The van der Waals surface area contributed by atoms with Crippen LogP contribution in [0.2, 0.25) is 0 Å². The van der Waals surface area contributed by atoms with Crippen LogP contribution < -0.4 is 0 Å². The van der Waals surface area contributed by atoms with Gasteiger partial charge in [-0.3, -0.25) is 4.79 Å². The topological polar surface area (TPSA) is 37.3 Å². The molecule has 0 saturated heterocycles. The van der Waals surface area contributed by atoms with Gasteiger partial charge in [-0.25, -0.2) is 0 Å². The average Bonchev–Trinajstić information content (AvgIpc) is 2.07. The normalized spacial score (nSPS) is 14.1. The quantitative estimate of drug-likeness (QED) is 0.709. The first-order valence-electron chi connectivity index (χ1n) is 5.15. The van der Waals surface area contributed by atoms with Gasteiger partial charge in [0.25, 0.3) is 0 Å². The summed E-state index contributed by atoms with van der Waals surface area (Å²) < 4.78 is 35.4. The van der Waals surface area contributed by atoms with E-state index in [2.05, 4.69) is 0 Å². The predicted octanol–water partition coefficient (Wildman–Crippen LogP) is 3.56. The minimum atomic E-state index is -4.10. The molecular weight excluding hydrogens is 241 g/mol. The van der Waals surface area contributed by atoms with Crippen molar-refractivity contribution in [3.05, 3.63) is 0 Å². The first-order valence-corrected chi connectivity index (χ1v) is 6.20. The molecule has 0 rings (SSSR count). The number of rotatable bonds is 7. The molecule has 16 heavy (non-hydrogen) atoms. The fourth-order valence-corrected chi connectivity index (χ4v) is 2.34. The van der Waals surface area contributed by atoms with Crippen molar-refractivity contribution in [2.24, 2.45) is 5.92 Å². The standard InChI is InChI=1S/C10H17F3O2S/c1-7(2)8(9(14)15)16-6-4-3-5-10(11,12)13/h7-8H,3-6H2,1-2H3,(H,14,15). The van der Waals surface area contributed by atoms with Crippen LogP contribution in [0.1, 0.15) is 33.1 Å². The van der Waals surface area contributed by atoms with E-state index in [4.69, 9.17) is 5.11 Å². The minimum Gasteiger partial charge on any atom is -0.480 e. The lowest BCUT2D eigenvalue weighted by Crippen LogP contribution is -2.23. The highest BCUT2D eigenvalue weighted by atomic mass is 32.2. The lowest BCUT2D eigenvalue weighted by atomic mass is 10.1. The molecule has 6 heteroatoms. The summed E-state index contributed by atoms with van der Waals surface area (Å²) >= 11 is 1.22. The summed E-state index contributed by atoms with van der Waals surface area (Å²) in [7, 11) is 0. The number of aliphatic carboxylic acids is 1. The lowest BCUT2D eigenvalue weighted by molar-refractivity contribution is -0.137. The van der Waals surface area contributed by atoms with Gasteiger partial charge in [-0.2, -0.15) is 13.2 Å². The molecule has 0 aromatic rings. The number of carbonyl (C=O) groups is 1. The number of halogens is 3. The van der Waals surface area contributed by atoms with E-state index in [9.17, 15) is 18.0 Å². The smallest absolute Gasteiger partial charge is 0.389 e. The molecule has 0 heterocycles. The van der Waals surface area contributed by atoms with Crippen LogP contribution in [0, 0.1) is 5.92 Å². The second-order valence-electron chi connectivity index (χ2n) is 3.95. The van der Waals surface area contributed by atoms with Crippen LogP contribution in [-0.2, 0) is 4.79 Å². The van der Waals surface area contributed by atoms with E-state index < -0.39 is 23.8 Å². The number of alkyl halides is 3. The van der Waals surface area contributed by atoms with Gasteiger partial charge < -0.3 is 5.11 Å². The van der Waals surface area contributed by atoms with Gasteiger partial charge in [-0.05, 0) is 24.5 Å². The summed E-state index contributed by atoms with van der Waals surface area (Å²) in [6, 6.07) is 0. The summed E-state index contributed by atoms with van der Waals surface area (Å²) in [6.45, 7) is 3.59. The molecule has 0 radical (unpaired) electrons. The molecule has 0 aliphatic rings. The molecule has 0 saturated carbocycles. The summed E-state index contributed by atoms with van der Waals surface area (Å²) in [4.78, 5) is 10.8. The van der Waals surface area contributed by atoms with Crippen molar-refractivity contribution >= 4 is 17.7 Å².